The molecule has 0 spiro atoms. The Bertz CT molecular complexity index is 903. The van der Waals surface area contributed by atoms with Crippen molar-refractivity contribution in [3.63, 3.8) is 0 Å². The number of anilines is 2. The quantitative estimate of drug-likeness (QED) is 0.792. The van der Waals surface area contributed by atoms with Crippen LogP contribution in [0.15, 0.2) is 48.5 Å². The van der Waals surface area contributed by atoms with E-state index >= 15 is 0 Å². The number of carbonyl (C=O) groups excluding carboxylic acids is 2. The summed E-state index contributed by atoms with van der Waals surface area (Å²) in [5.41, 5.74) is 1.61. The highest BCUT2D eigenvalue weighted by molar-refractivity contribution is 5.98. The van der Waals surface area contributed by atoms with Crippen LogP contribution in [0.4, 0.5) is 16.2 Å². The average molecular weight is 409 g/mol. The fourth-order valence-electron chi connectivity index (χ4n) is 3.78. The molecule has 2 aromatic rings. The molecule has 158 valence electrons. The smallest absolute Gasteiger partial charge is 0.322 e. The fraction of sp³-hybridized carbons (Fsp3) is 0.391. The molecule has 0 aliphatic carbocycles. The number of para-hydroxylation sites is 1. The monoisotopic (exact) mass is 409 g/mol. The molecule has 2 aliphatic rings. The summed E-state index contributed by atoms with van der Waals surface area (Å²) in [5, 5.41) is 3.05. The van der Waals surface area contributed by atoms with Gasteiger partial charge in [-0.05, 0) is 30.7 Å². The molecule has 1 fully saturated rings. The molecule has 3 amide bonds. The van der Waals surface area contributed by atoms with E-state index in [0.717, 1.165) is 24.2 Å². The van der Waals surface area contributed by atoms with Crippen LogP contribution in [0, 0.1) is 0 Å². The lowest BCUT2D eigenvalue weighted by Crippen LogP contribution is -2.46. The van der Waals surface area contributed by atoms with Gasteiger partial charge in [0.2, 0.25) is 5.91 Å². The summed E-state index contributed by atoms with van der Waals surface area (Å²) in [7, 11) is 0. The van der Waals surface area contributed by atoms with E-state index in [0.29, 0.717) is 37.8 Å². The molecule has 0 radical (unpaired) electrons. The van der Waals surface area contributed by atoms with Crippen molar-refractivity contribution in [3.8, 4) is 11.5 Å². The van der Waals surface area contributed by atoms with E-state index in [1.807, 2.05) is 48.5 Å². The minimum absolute atomic E-state index is 0.0169. The van der Waals surface area contributed by atoms with Gasteiger partial charge in [0.1, 0.15) is 13.2 Å². The van der Waals surface area contributed by atoms with E-state index in [4.69, 9.17) is 9.47 Å². The number of nitrogens with one attached hydrogen (secondary N) is 1. The van der Waals surface area contributed by atoms with Crippen LogP contribution in [0.25, 0.3) is 0 Å². The molecule has 2 aliphatic heterocycles. The Kier molecular flexibility index (Phi) is 6.07. The topological polar surface area (TPSA) is 71.1 Å². The van der Waals surface area contributed by atoms with Crippen molar-refractivity contribution in [3.05, 3.63) is 48.5 Å². The van der Waals surface area contributed by atoms with Gasteiger partial charge in [-0.3, -0.25) is 9.69 Å². The van der Waals surface area contributed by atoms with Gasteiger partial charge in [-0.15, -0.1) is 0 Å². The highest BCUT2D eigenvalue weighted by atomic mass is 16.6. The molecule has 0 aromatic heterocycles. The van der Waals surface area contributed by atoms with Gasteiger partial charge in [0.15, 0.2) is 11.5 Å². The first-order chi connectivity index (χ1) is 14.7. The molecule has 1 N–H and O–H groups in total. The molecule has 1 saturated heterocycles. The van der Waals surface area contributed by atoms with Crippen molar-refractivity contribution >= 4 is 23.3 Å². The predicted molar refractivity (Wildman–Crippen MR) is 115 cm³/mol. The van der Waals surface area contributed by atoms with E-state index in [-0.39, 0.29) is 24.4 Å². The molecule has 30 heavy (non-hydrogen) atoms. The van der Waals surface area contributed by atoms with Gasteiger partial charge in [-0.2, -0.15) is 0 Å². The summed E-state index contributed by atoms with van der Waals surface area (Å²) < 4.78 is 11.2. The number of nitrogens with zero attached hydrogens (tertiary/aromatic N) is 2. The first kappa shape index (κ1) is 20.1. The molecule has 4 rings (SSSR count). The van der Waals surface area contributed by atoms with Gasteiger partial charge in [0.05, 0.1) is 6.04 Å². The van der Waals surface area contributed by atoms with Gasteiger partial charge >= 0.3 is 6.03 Å². The number of ether oxygens (including phenoxy) is 2. The number of benzene rings is 2. The second-order valence-electron chi connectivity index (χ2n) is 7.52. The van der Waals surface area contributed by atoms with Crippen LogP contribution in [0.1, 0.15) is 26.2 Å². The number of rotatable bonds is 6. The average Bonchev–Trinajstić information content (AvgIpc) is 3.14. The Morgan fingerprint density at radius 3 is 2.67 bits per heavy atom. The van der Waals surface area contributed by atoms with Crippen LogP contribution >= 0.6 is 0 Å². The molecule has 1 unspecified atom stereocenters. The molecule has 2 heterocycles. The van der Waals surface area contributed by atoms with Crippen molar-refractivity contribution in [2.75, 3.05) is 36.1 Å². The summed E-state index contributed by atoms with van der Waals surface area (Å²) in [4.78, 5) is 29.1. The van der Waals surface area contributed by atoms with Crippen LogP contribution < -0.4 is 24.6 Å². The van der Waals surface area contributed by atoms with Crippen LogP contribution in [0.2, 0.25) is 0 Å². The first-order valence-electron chi connectivity index (χ1n) is 10.5. The lowest BCUT2D eigenvalue weighted by molar-refractivity contribution is -0.117. The van der Waals surface area contributed by atoms with E-state index in [1.165, 1.54) is 0 Å². The normalized spacial score (nSPS) is 17.7. The number of urea groups is 1. The summed E-state index contributed by atoms with van der Waals surface area (Å²) >= 11 is 0. The van der Waals surface area contributed by atoms with Crippen LogP contribution in [0.5, 0.6) is 11.5 Å². The van der Waals surface area contributed by atoms with E-state index in [1.54, 1.807) is 9.80 Å². The molecule has 0 bridgehead atoms. The largest absolute Gasteiger partial charge is 0.486 e. The third-order valence-corrected chi connectivity index (χ3v) is 5.34. The standard InChI is InChI=1S/C23H27N3O4/c1-2-3-11-25(18-7-5-4-6-8-18)23(28)24-17-14-22(27)26(16-17)19-9-10-20-21(15-19)30-13-12-29-20/h4-10,15,17H,2-3,11-14,16H2,1H3,(H,24,28). The molecule has 0 saturated carbocycles. The Morgan fingerprint density at radius 2 is 1.90 bits per heavy atom. The Labute approximate surface area is 176 Å². The van der Waals surface area contributed by atoms with Gasteiger partial charge in [-0.25, -0.2) is 4.79 Å². The van der Waals surface area contributed by atoms with E-state index in [9.17, 15) is 9.59 Å². The number of fused-ring (bicyclic) bond motifs is 1. The lowest BCUT2D eigenvalue weighted by atomic mass is 10.2. The highest BCUT2D eigenvalue weighted by Gasteiger charge is 2.33. The van der Waals surface area contributed by atoms with Crippen LogP contribution in [-0.4, -0.2) is 44.3 Å². The molecule has 1 atom stereocenters. The van der Waals surface area contributed by atoms with Gasteiger partial charge in [-0.1, -0.05) is 31.5 Å². The zero-order valence-corrected chi connectivity index (χ0v) is 17.2. The fourth-order valence-corrected chi connectivity index (χ4v) is 3.78. The van der Waals surface area contributed by atoms with E-state index < -0.39 is 0 Å². The third kappa shape index (κ3) is 4.35. The SMILES string of the molecule is CCCCN(C(=O)NC1CC(=O)N(c2ccc3c(c2)OCCO3)C1)c1ccccc1. The Balaban J connectivity index is 1.44. The summed E-state index contributed by atoms with van der Waals surface area (Å²) in [6, 6.07) is 14.7. The van der Waals surface area contributed by atoms with Crippen molar-refractivity contribution in [2.45, 2.75) is 32.2 Å². The predicted octanol–water partition coefficient (Wildman–Crippen LogP) is 3.58. The number of unbranched alkanes of at least 4 members (excludes halogenated alkanes) is 1. The maximum Gasteiger partial charge on any atom is 0.322 e. The number of carbonyl (C=O) groups is 2. The van der Waals surface area contributed by atoms with Crippen molar-refractivity contribution in [1.29, 1.82) is 0 Å². The van der Waals surface area contributed by atoms with Gasteiger partial charge in [0.25, 0.3) is 0 Å². The zero-order valence-electron chi connectivity index (χ0n) is 17.2. The number of hydrogen-bond donors (Lipinski definition) is 1. The summed E-state index contributed by atoms with van der Waals surface area (Å²) in [6.45, 7) is 4.19. The molecular formula is C23H27N3O4. The Morgan fingerprint density at radius 1 is 1.13 bits per heavy atom. The Hall–Kier alpha value is -3.22. The second-order valence-corrected chi connectivity index (χ2v) is 7.52. The second kappa shape index (κ2) is 9.07. The molecule has 2 aromatic carbocycles. The summed E-state index contributed by atoms with van der Waals surface area (Å²) in [6.07, 6.45) is 2.18. The van der Waals surface area contributed by atoms with Crippen LogP contribution in [-0.2, 0) is 4.79 Å². The van der Waals surface area contributed by atoms with Crippen LogP contribution in [0.3, 0.4) is 0 Å². The number of amides is 3. The first-order valence-corrected chi connectivity index (χ1v) is 10.5. The molecular weight excluding hydrogens is 382 g/mol. The summed E-state index contributed by atoms with van der Waals surface area (Å²) in [5.74, 6) is 1.32. The lowest BCUT2D eigenvalue weighted by Gasteiger charge is -2.25. The molecule has 7 nitrogen and oxygen atoms in total. The highest BCUT2D eigenvalue weighted by Crippen LogP contribution is 2.35. The van der Waals surface area contributed by atoms with Crippen molar-refractivity contribution in [1.82, 2.24) is 5.32 Å². The minimum atomic E-state index is -0.244. The van der Waals surface area contributed by atoms with Gasteiger partial charge in [0, 0.05) is 37.0 Å². The van der Waals surface area contributed by atoms with Crippen molar-refractivity contribution < 1.29 is 19.1 Å². The van der Waals surface area contributed by atoms with Gasteiger partial charge < -0.3 is 19.7 Å². The molecule has 7 heteroatoms. The zero-order chi connectivity index (χ0) is 20.9. The third-order valence-electron chi connectivity index (χ3n) is 5.34. The maximum atomic E-state index is 13.0. The maximum absolute atomic E-state index is 13.0. The number of hydrogen-bond acceptors (Lipinski definition) is 4. The van der Waals surface area contributed by atoms with E-state index in [2.05, 4.69) is 12.2 Å². The minimum Gasteiger partial charge on any atom is -0.486 e. The van der Waals surface area contributed by atoms with Crippen molar-refractivity contribution in [2.24, 2.45) is 0 Å².